The van der Waals surface area contributed by atoms with E-state index in [0.29, 0.717) is 6.42 Å². The van der Waals surface area contributed by atoms with Crippen LogP contribution in [0.2, 0.25) is 0 Å². The molecule has 3 nitrogen and oxygen atoms in total. The highest BCUT2D eigenvalue weighted by molar-refractivity contribution is 5.76. The lowest BCUT2D eigenvalue weighted by Crippen LogP contribution is -2.20. The van der Waals surface area contributed by atoms with Crippen LogP contribution in [0, 0.1) is 5.41 Å². The molecule has 0 aliphatic heterocycles. The summed E-state index contributed by atoms with van der Waals surface area (Å²) >= 11 is 0. The predicted molar refractivity (Wildman–Crippen MR) is 81.3 cm³/mol. The standard InChI is InChI=1S/C17H26O3/c1-16(2,3)10-12(15(19)20)11-7-8-14(18)13(9-11)17(4,5)6/h7-9,12,18H,10H2,1-6H3,(H,19,20). The van der Waals surface area contributed by atoms with Crippen LogP contribution in [-0.4, -0.2) is 16.2 Å². The van der Waals surface area contributed by atoms with E-state index in [1.807, 2.05) is 47.6 Å². The molecule has 1 unspecified atom stereocenters. The zero-order chi connectivity index (χ0) is 15.7. The molecule has 0 fully saturated rings. The van der Waals surface area contributed by atoms with Crippen LogP contribution in [0.15, 0.2) is 18.2 Å². The van der Waals surface area contributed by atoms with Gasteiger partial charge in [-0.2, -0.15) is 0 Å². The van der Waals surface area contributed by atoms with E-state index in [9.17, 15) is 15.0 Å². The number of aromatic hydroxyl groups is 1. The minimum absolute atomic E-state index is 0.0666. The Morgan fingerprint density at radius 2 is 1.70 bits per heavy atom. The number of hydrogen-bond acceptors (Lipinski definition) is 2. The maximum atomic E-state index is 11.6. The molecule has 1 aromatic carbocycles. The van der Waals surface area contributed by atoms with Crippen LogP contribution in [0.4, 0.5) is 0 Å². The summed E-state index contributed by atoms with van der Waals surface area (Å²) in [7, 11) is 0. The maximum Gasteiger partial charge on any atom is 0.310 e. The summed E-state index contributed by atoms with van der Waals surface area (Å²) in [6, 6.07) is 5.16. The Hall–Kier alpha value is -1.51. The highest BCUT2D eigenvalue weighted by atomic mass is 16.4. The van der Waals surface area contributed by atoms with Gasteiger partial charge in [0, 0.05) is 0 Å². The van der Waals surface area contributed by atoms with Crippen LogP contribution >= 0.6 is 0 Å². The second-order valence-corrected chi connectivity index (χ2v) is 7.68. The van der Waals surface area contributed by atoms with Crippen LogP contribution in [0.3, 0.4) is 0 Å². The van der Waals surface area contributed by atoms with Crippen LogP contribution in [0.1, 0.15) is 65.0 Å². The van der Waals surface area contributed by atoms with Crippen LogP contribution in [0.5, 0.6) is 5.75 Å². The molecule has 2 N–H and O–H groups in total. The van der Waals surface area contributed by atoms with E-state index < -0.39 is 11.9 Å². The molecule has 20 heavy (non-hydrogen) atoms. The Balaban J connectivity index is 3.26. The van der Waals surface area contributed by atoms with E-state index in [1.54, 1.807) is 12.1 Å². The first-order chi connectivity index (χ1) is 8.92. The molecule has 0 radical (unpaired) electrons. The Labute approximate surface area is 121 Å². The average Bonchev–Trinajstić information content (AvgIpc) is 2.23. The zero-order valence-electron chi connectivity index (χ0n) is 13.3. The van der Waals surface area contributed by atoms with Gasteiger partial charge in [0.15, 0.2) is 0 Å². The zero-order valence-corrected chi connectivity index (χ0v) is 13.3. The number of hydrogen-bond donors (Lipinski definition) is 2. The van der Waals surface area contributed by atoms with E-state index >= 15 is 0 Å². The third-order valence-corrected chi connectivity index (χ3v) is 3.35. The molecule has 0 heterocycles. The van der Waals surface area contributed by atoms with E-state index in [0.717, 1.165) is 11.1 Å². The summed E-state index contributed by atoms with van der Waals surface area (Å²) in [4.78, 5) is 11.6. The lowest BCUT2D eigenvalue weighted by Gasteiger charge is -2.26. The highest BCUT2D eigenvalue weighted by Gasteiger charge is 2.28. The molecule has 0 spiro atoms. The molecule has 1 aromatic rings. The van der Waals surface area contributed by atoms with Crippen LogP contribution in [0.25, 0.3) is 0 Å². The second-order valence-electron chi connectivity index (χ2n) is 7.68. The predicted octanol–water partition coefficient (Wildman–Crippen LogP) is 4.29. The molecule has 0 bridgehead atoms. The Kier molecular flexibility index (Phi) is 4.52. The van der Waals surface area contributed by atoms with Gasteiger partial charge in [-0.3, -0.25) is 4.79 Å². The summed E-state index contributed by atoms with van der Waals surface area (Å²) < 4.78 is 0. The molecule has 0 amide bonds. The van der Waals surface area contributed by atoms with E-state index in [-0.39, 0.29) is 16.6 Å². The lowest BCUT2D eigenvalue weighted by atomic mass is 9.79. The second kappa shape index (κ2) is 5.47. The van der Waals surface area contributed by atoms with Crippen molar-refractivity contribution in [3.63, 3.8) is 0 Å². The molecule has 1 rings (SSSR count). The quantitative estimate of drug-likeness (QED) is 0.867. The van der Waals surface area contributed by atoms with E-state index in [1.165, 1.54) is 0 Å². The maximum absolute atomic E-state index is 11.6. The fourth-order valence-corrected chi connectivity index (χ4v) is 2.33. The highest BCUT2D eigenvalue weighted by Crippen LogP contribution is 2.36. The first kappa shape index (κ1) is 16.5. The number of phenolic OH excluding ortho intramolecular Hbond substituents is 1. The third-order valence-electron chi connectivity index (χ3n) is 3.35. The summed E-state index contributed by atoms with van der Waals surface area (Å²) in [6.07, 6.45) is 0.566. The average molecular weight is 278 g/mol. The number of benzene rings is 1. The molecule has 0 saturated heterocycles. The third kappa shape index (κ3) is 4.26. The van der Waals surface area contributed by atoms with Crippen molar-refractivity contribution in [2.75, 3.05) is 0 Å². The molecule has 0 aliphatic carbocycles. The van der Waals surface area contributed by atoms with Crippen LogP contribution < -0.4 is 0 Å². The Morgan fingerprint density at radius 1 is 1.15 bits per heavy atom. The van der Waals surface area contributed by atoms with Gasteiger partial charge in [0.25, 0.3) is 0 Å². The number of rotatable bonds is 3. The molecular weight excluding hydrogens is 252 g/mol. The van der Waals surface area contributed by atoms with Crippen molar-refractivity contribution >= 4 is 5.97 Å². The van der Waals surface area contributed by atoms with Gasteiger partial charge in [-0.15, -0.1) is 0 Å². The number of carboxylic acids is 1. The Morgan fingerprint density at radius 3 is 2.10 bits per heavy atom. The molecule has 0 saturated carbocycles. The monoisotopic (exact) mass is 278 g/mol. The minimum Gasteiger partial charge on any atom is -0.508 e. The number of phenols is 1. The normalized spacial score (nSPS) is 14.1. The van der Waals surface area contributed by atoms with Gasteiger partial charge < -0.3 is 10.2 Å². The van der Waals surface area contributed by atoms with E-state index in [2.05, 4.69) is 0 Å². The Bertz CT molecular complexity index is 490. The van der Waals surface area contributed by atoms with Gasteiger partial charge in [0.05, 0.1) is 5.92 Å². The van der Waals surface area contributed by atoms with Gasteiger partial charge >= 0.3 is 5.97 Å². The smallest absolute Gasteiger partial charge is 0.310 e. The molecule has 1 atom stereocenters. The van der Waals surface area contributed by atoms with Gasteiger partial charge in [-0.05, 0) is 34.4 Å². The fraction of sp³-hybridized carbons (Fsp3) is 0.588. The van der Waals surface area contributed by atoms with Crippen LogP contribution in [-0.2, 0) is 10.2 Å². The van der Waals surface area contributed by atoms with Crippen molar-refractivity contribution in [2.45, 2.75) is 59.3 Å². The van der Waals surface area contributed by atoms with E-state index in [4.69, 9.17) is 0 Å². The summed E-state index contributed by atoms with van der Waals surface area (Å²) in [6.45, 7) is 12.1. The van der Waals surface area contributed by atoms with Crippen molar-refractivity contribution in [3.05, 3.63) is 29.3 Å². The molecule has 0 aliphatic rings. The van der Waals surface area contributed by atoms with Crippen molar-refractivity contribution in [1.29, 1.82) is 0 Å². The van der Waals surface area contributed by atoms with Gasteiger partial charge in [-0.25, -0.2) is 0 Å². The van der Waals surface area contributed by atoms with Gasteiger partial charge in [0.2, 0.25) is 0 Å². The van der Waals surface area contributed by atoms with Crippen molar-refractivity contribution in [3.8, 4) is 5.75 Å². The van der Waals surface area contributed by atoms with Crippen molar-refractivity contribution in [1.82, 2.24) is 0 Å². The molecule has 0 aromatic heterocycles. The first-order valence-corrected chi connectivity index (χ1v) is 6.98. The van der Waals surface area contributed by atoms with Gasteiger partial charge in [0.1, 0.15) is 5.75 Å². The summed E-state index contributed by atoms with van der Waals surface area (Å²) in [5.41, 5.74) is 1.26. The fourth-order valence-electron chi connectivity index (χ4n) is 2.33. The molecule has 112 valence electrons. The molecular formula is C17H26O3. The topological polar surface area (TPSA) is 57.5 Å². The van der Waals surface area contributed by atoms with Gasteiger partial charge in [-0.1, -0.05) is 53.7 Å². The number of carboxylic acid groups (broad SMARTS) is 1. The van der Waals surface area contributed by atoms with Crippen molar-refractivity contribution in [2.24, 2.45) is 5.41 Å². The summed E-state index contributed by atoms with van der Waals surface area (Å²) in [5.74, 6) is -1.14. The largest absolute Gasteiger partial charge is 0.508 e. The van der Waals surface area contributed by atoms with Crippen molar-refractivity contribution < 1.29 is 15.0 Å². The molecule has 3 heteroatoms. The first-order valence-electron chi connectivity index (χ1n) is 6.98. The lowest BCUT2D eigenvalue weighted by molar-refractivity contribution is -0.139. The minimum atomic E-state index is -0.814. The summed E-state index contributed by atoms with van der Waals surface area (Å²) in [5, 5.41) is 19.5. The number of carbonyl (C=O) groups is 1. The number of aliphatic carboxylic acids is 1. The SMILES string of the molecule is CC(C)(C)CC(C(=O)O)c1ccc(O)c(C(C)(C)C)c1.